The molecule has 1 atom stereocenters. The summed E-state index contributed by atoms with van der Waals surface area (Å²) in [5, 5.41) is 29.4. The highest BCUT2D eigenvalue weighted by atomic mass is 32.2. The molecule has 2 heterocycles. The van der Waals surface area contributed by atoms with Crippen LogP contribution in [0.3, 0.4) is 0 Å². The molecule has 2 N–H and O–H groups in total. The lowest BCUT2D eigenvalue weighted by atomic mass is 9.95. The number of hydrogen-bond acceptors (Lipinski definition) is 8. The Balaban J connectivity index is 1.45. The molecule has 7 nitrogen and oxygen atoms in total. The number of aromatic hydroxyl groups is 1. The number of phenols is 1. The molecule has 190 valence electrons. The number of aliphatic hydroxyl groups is 1. The highest BCUT2D eigenvalue weighted by Crippen LogP contribution is 2.43. The van der Waals surface area contributed by atoms with Crippen LogP contribution in [0.15, 0.2) is 101 Å². The number of nitrogens with zero attached hydrogens (tertiary/aromatic N) is 3. The maximum Gasteiger partial charge on any atom is 0.296 e. The van der Waals surface area contributed by atoms with E-state index >= 15 is 0 Å². The first kappa shape index (κ1) is 25.4. The van der Waals surface area contributed by atoms with Crippen LogP contribution in [-0.2, 0) is 15.3 Å². The first-order valence-electron chi connectivity index (χ1n) is 11.8. The maximum atomic E-state index is 13.3. The maximum absolute atomic E-state index is 13.3. The highest BCUT2D eigenvalue weighted by Gasteiger charge is 2.45. The van der Waals surface area contributed by atoms with Gasteiger partial charge in [-0.1, -0.05) is 101 Å². The zero-order valence-electron chi connectivity index (χ0n) is 20.3. The van der Waals surface area contributed by atoms with Gasteiger partial charge in [-0.2, -0.15) is 0 Å². The summed E-state index contributed by atoms with van der Waals surface area (Å²) < 4.78 is 0.654. The summed E-state index contributed by atoms with van der Waals surface area (Å²) in [4.78, 5) is 27.9. The number of benzene rings is 3. The first-order chi connectivity index (χ1) is 18.4. The summed E-state index contributed by atoms with van der Waals surface area (Å²) in [5.41, 5.74) is 3.61. The van der Waals surface area contributed by atoms with E-state index in [-0.39, 0.29) is 16.5 Å². The average molecular weight is 542 g/mol. The summed E-state index contributed by atoms with van der Waals surface area (Å²) in [6.45, 7) is 2.03. The molecule has 0 aliphatic carbocycles. The number of ketones is 1. The SMILES string of the molecule is Cc1ccc(CSc2nnc(N3C(=O)C(O)=C(C(=O)/C=C/c4ccccc4)C3c3ccc(O)cc3)s2)cc1. The number of aromatic nitrogens is 2. The van der Waals surface area contributed by atoms with Crippen LogP contribution >= 0.6 is 23.1 Å². The number of thioether (sulfide) groups is 1. The molecule has 0 fully saturated rings. The third-order valence-electron chi connectivity index (χ3n) is 5.99. The second-order valence-electron chi connectivity index (χ2n) is 8.66. The predicted octanol–water partition coefficient (Wildman–Crippen LogP) is 6.03. The van der Waals surface area contributed by atoms with Crippen LogP contribution in [0, 0.1) is 6.92 Å². The molecular formula is C29H23N3O4S2. The van der Waals surface area contributed by atoms with Crippen LogP contribution in [-0.4, -0.2) is 32.1 Å². The van der Waals surface area contributed by atoms with E-state index in [4.69, 9.17) is 0 Å². The van der Waals surface area contributed by atoms with Crippen molar-refractivity contribution in [1.82, 2.24) is 10.2 Å². The lowest BCUT2D eigenvalue weighted by molar-refractivity contribution is -0.117. The number of phenolic OH excluding ortho intramolecular Hbond substituents is 1. The largest absolute Gasteiger partial charge is 0.508 e. The number of aryl methyl sites for hydroxylation is 1. The average Bonchev–Trinajstić information content (AvgIpc) is 3.50. The molecule has 1 aromatic heterocycles. The number of allylic oxidation sites excluding steroid dienone is 1. The minimum absolute atomic E-state index is 0.0420. The zero-order chi connectivity index (χ0) is 26.6. The summed E-state index contributed by atoms with van der Waals surface area (Å²) in [6, 6.07) is 22.7. The van der Waals surface area contributed by atoms with Crippen molar-refractivity contribution in [3.8, 4) is 5.75 Å². The quantitative estimate of drug-likeness (QED) is 0.160. The second kappa shape index (κ2) is 11.0. The van der Waals surface area contributed by atoms with Gasteiger partial charge in [0.15, 0.2) is 15.9 Å². The number of anilines is 1. The molecule has 0 radical (unpaired) electrons. The topological polar surface area (TPSA) is 104 Å². The van der Waals surface area contributed by atoms with Crippen LogP contribution < -0.4 is 4.90 Å². The number of aliphatic hydroxyl groups excluding tert-OH is 1. The van der Waals surface area contributed by atoms with E-state index in [1.807, 2.05) is 49.4 Å². The van der Waals surface area contributed by atoms with Crippen LogP contribution in [0.4, 0.5) is 5.13 Å². The molecule has 5 rings (SSSR count). The van der Waals surface area contributed by atoms with E-state index < -0.39 is 23.5 Å². The number of carbonyl (C=O) groups excluding carboxylic acids is 2. The number of amides is 1. The van der Waals surface area contributed by atoms with E-state index in [2.05, 4.69) is 22.3 Å². The summed E-state index contributed by atoms with van der Waals surface area (Å²) in [6.07, 6.45) is 2.97. The molecule has 4 aromatic rings. The van der Waals surface area contributed by atoms with Crippen molar-refractivity contribution in [2.24, 2.45) is 0 Å². The Morgan fingerprint density at radius 3 is 2.42 bits per heavy atom. The van der Waals surface area contributed by atoms with E-state index in [1.165, 1.54) is 51.8 Å². The lowest BCUT2D eigenvalue weighted by Crippen LogP contribution is -2.30. The molecule has 0 saturated carbocycles. The van der Waals surface area contributed by atoms with Crippen molar-refractivity contribution in [3.05, 3.63) is 119 Å². The molecule has 0 spiro atoms. The normalized spacial score (nSPS) is 15.6. The third-order valence-corrected chi connectivity index (χ3v) is 8.12. The molecule has 0 bridgehead atoms. The van der Waals surface area contributed by atoms with Gasteiger partial charge in [0.1, 0.15) is 5.75 Å². The van der Waals surface area contributed by atoms with E-state index in [9.17, 15) is 19.8 Å². The molecule has 1 aliphatic heterocycles. The standard InChI is InChI=1S/C29H23N3O4S2/c1-18-7-9-20(10-8-18)17-37-29-31-30-28(38-29)32-25(21-12-14-22(33)15-13-21)24(26(35)27(32)36)23(34)16-11-19-5-3-2-4-6-19/h2-16,25,33,35H,17H2,1H3/b16-11+. The molecule has 1 unspecified atom stereocenters. The van der Waals surface area contributed by atoms with Gasteiger partial charge in [-0.05, 0) is 41.8 Å². The molecule has 1 amide bonds. The van der Waals surface area contributed by atoms with Gasteiger partial charge in [0.25, 0.3) is 5.91 Å². The molecule has 9 heteroatoms. The summed E-state index contributed by atoms with van der Waals surface area (Å²) in [5.74, 6) is -1.14. The molecule has 0 saturated heterocycles. The minimum atomic E-state index is -0.932. The van der Waals surface area contributed by atoms with Gasteiger partial charge in [0.2, 0.25) is 5.13 Å². The van der Waals surface area contributed by atoms with Crippen LogP contribution in [0.5, 0.6) is 5.75 Å². The molecule has 38 heavy (non-hydrogen) atoms. The van der Waals surface area contributed by atoms with Gasteiger partial charge in [-0.15, -0.1) is 10.2 Å². The molecule has 1 aliphatic rings. The third kappa shape index (κ3) is 5.39. The van der Waals surface area contributed by atoms with E-state index in [0.29, 0.717) is 15.7 Å². The Morgan fingerprint density at radius 1 is 1.00 bits per heavy atom. The van der Waals surface area contributed by atoms with Gasteiger partial charge >= 0.3 is 0 Å². The van der Waals surface area contributed by atoms with Gasteiger partial charge in [0, 0.05) is 5.75 Å². The van der Waals surface area contributed by atoms with E-state index in [1.54, 1.807) is 18.2 Å². The predicted molar refractivity (Wildman–Crippen MR) is 149 cm³/mol. The van der Waals surface area contributed by atoms with Crippen LogP contribution in [0.2, 0.25) is 0 Å². The van der Waals surface area contributed by atoms with Gasteiger partial charge in [-0.25, -0.2) is 0 Å². The molecular weight excluding hydrogens is 518 g/mol. The van der Waals surface area contributed by atoms with Gasteiger partial charge in [0.05, 0.1) is 11.6 Å². The second-order valence-corrected chi connectivity index (χ2v) is 10.8. The lowest BCUT2D eigenvalue weighted by Gasteiger charge is -2.23. The van der Waals surface area contributed by atoms with Crippen molar-refractivity contribution >= 4 is 46.0 Å². The Bertz CT molecular complexity index is 1530. The Hall–Kier alpha value is -4.21. The number of carbonyl (C=O) groups is 2. The number of rotatable bonds is 8. The fraction of sp³-hybridized carbons (Fsp3) is 0.103. The summed E-state index contributed by atoms with van der Waals surface area (Å²) >= 11 is 2.71. The monoisotopic (exact) mass is 541 g/mol. The highest BCUT2D eigenvalue weighted by molar-refractivity contribution is 8.00. The van der Waals surface area contributed by atoms with Crippen molar-refractivity contribution in [2.45, 2.75) is 23.1 Å². The fourth-order valence-corrected chi connectivity index (χ4v) is 5.86. The van der Waals surface area contributed by atoms with Crippen molar-refractivity contribution in [3.63, 3.8) is 0 Å². The van der Waals surface area contributed by atoms with Crippen LogP contribution in [0.25, 0.3) is 6.08 Å². The van der Waals surface area contributed by atoms with Crippen LogP contribution in [0.1, 0.15) is 28.3 Å². The smallest absolute Gasteiger partial charge is 0.296 e. The van der Waals surface area contributed by atoms with Gasteiger partial charge in [-0.3, -0.25) is 14.5 Å². The first-order valence-corrected chi connectivity index (χ1v) is 13.6. The van der Waals surface area contributed by atoms with E-state index in [0.717, 1.165) is 11.1 Å². The summed E-state index contributed by atoms with van der Waals surface area (Å²) in [7, 11) is 0. The van der Waals surface area contributed by atoms with Crippen molar-refractivity contribution in [2.75, 3.05) is 4.90 Å². The Morgan fingerprint density at radius 2 is 1.71 bits per heavy atom. The zero-order valence-corrected chi connectivity index (χ0v) is 21.9. The molecule has 3 aromatic carbocycles. The van der Waals surface area contributed by atoms with Crippen molar-refractivity contribution < 1.29 is 19.8 Å². The van der Waals surface area contributed by atoms with Crippen molar-refractivity contribution in [1.29, 1.82) is 0 Å². The number of hydrogen-bond donors (Lipinski definition) is 2. The minimum Gasteiger partial charge on any atom is -0.508 e. The van der Waals surface area contributed by atoms with Gasteiger partial charge < -0.3 is 10.2 Å². The Labute approximate surface area is 227 Å². The fourth-order valence-electron chi connectivity index (χ4n) is 4.04. The Kier molecular flexibility index (Phi) is 7.39.